The van der Waals surface area contributed by atoms with E-state index in [-0.39, 0.29) is 24.1 Å². The molecule has 0 fully saturated rings. The van der Waals surface area contributed by atoms with E-state index in [0.717, 1.165) is 17.8 Å². The van der Waals surface area contributed by atoms with Crippen molar-refractivity contribution in [3.63, 3.8) is 0 Å². The molecular weight excluding hydrogens is 457 g/mol. The summed E-state index contributed by atoms with van der Waals surface area (Å²) in [6, 6.07) is 9.34. The second-order valence-corrected chi connectivity index (χ2v) is 7.85. The molecule has 0 aliphatic carbocycles. The zero-order valence-corrected chi connectivity index (χ0v) is 18.5. The molecule has 0 spiro atoms. The van der Waals surface area contributed by atoms with Crippen LogP contribution >= 0.6 is 0 Å². The second-order valence-electron chi connectivity index (χ2n) is 7.85. The van der Waals surface area contributed by atoms with Gasteiger partial charge in [0.2, 0.25) is 0 Å². The van der Waals surface area contributed by atoms with Crippen molar-refractivity contribution in [2.24, 2.45) is 5.73 Å². The topological polar surface area (TPSA) is 110 Å². The number of rotatable bonds is 5. The van der Waals surface area contributed by atoms with Gasteiger partial charge < -0.3 is 5.73 Å². The Balaban J connectivity index is 1.60. The zero-order chi connectivity index (χ0) is 25.2. The maximum absolute atomic E-state index is 13.5. The first-order valence-corrected chi connectivity index (χ1v) is 10.4. The van der Waals surface area contributed by atoms with Crippen molar-refractivity contribution in [2.45, 2.75) is 25.9 Å². The largest absolute Gasteiger partial charge is 0.416 e. The average molecular weight is 476 g/mol. The van der Waals surface area contributed by atoms with E-state index in [1.54, 1.807) is 47.2 Å². The maximum Gasteiger partial charge on any atom is 0.416 e. The van der Waals surface area contributed by atoms with Crippen molar-refractivity contribution in [2.75, 3.05) is 0 Å². The number of nitrogens with two attached hydrogens (primary N) is 1. The van der Waals surface area contributed by atoms with E-state index in [0.29, 0.717) is 22.5 Å². The number of aryl methyl sites for hydroxylation is 1. The molecule has 0 atom stereocenters. The van der Waals surface area contributed by atoms with Crippen LogP contribution in [0.25, 0.3) is 5.65 Å². The van der Waals surface area contributed by atoms with Crippen molar-refractivity contribution in [1.29, 1.82) is 5.41 Å². The van der Waals surface area contributed by atoms with Crippen molar-refractivity contribution in [3.05, 3.63) is 94.2 Å². The molecule has 35 heavy (non-hydrogen) atoms. The van der Waals surface area contributed by atoms with E-state index in [4.69, 9.17) is 11.1 Å². The lowest BCUT2D eigenvalue weighted by atomic mass is 9.99. The molecule has 0 saturated heterocycles. The maximum atomic E-state index is 13.5. The van der Waals surface area contributed by atoms with Crippen LogP contribution in [0, 0.1) is 24.2 Å². The monoisotopic (exact) mass is 476 g/mol. The van der Waals surface area contributed by atoms with Crippen LogP contribution in [-0.4, -0.2) is 31.2 Å². The zero-order valence-electron chi connectivity index (χ0n) is 18.5. The lowest BCUT2D eigenvalue weighted by Crippen LogP contribution is -2.18. The predicted octanol–water partition coefficient (Wildman–Crippen LogP) is 3.76. The summed E-state index contributed by atoms with van der Waals surface area (Å²) in [5, 5.41) is 11.5. The van der Waals surface area contributed by atoms with Gasteiger partial charge in [-0.25, -0.2) is 9.50 Å². The molecule has 0 aliphatic heterocycles. The predicted molar refractivity (Wildman–Crippen MR) is 123 cm³/mol. The van der Waals surface area contributed by atoms with Gasteiger partial charge in [0.1, 0.15) is 5.69 Å². The van der Waals surface area contributed by atoms with E-state index >= 15 is 0 Å². The Morgan fingerprint density at radius 1 is 1.11 bits per heavy atom. The first-order valence-electron chi connectivity index (χ1n) is 10.4. The number of amidine groups is 1. The second kappa shape index (κ2) is 9.38. The third-order valence-corrected chi connectivity index (χ3v) is 5.23. The summed E-state index contributed by atoms with van der Waals surface area (Å²) in [4.78, 5) is 21.1. The van der Waals surface area contributed by atoms with Gasteiger partial charge in [0.25, 0.3) is 0 Å². The average Bonchev–Trinajstić information content (AvgIpc) is 3.21. The Labute approximate surface area is 198 Å². The van der Waals surface area contributed by atoms with Crippen molar-refractivity contribution < 1.29 is 18.0 Å². The molecule has 3 N–H and O–H groups in total. The van der Waals surface area contributed by atoms with Crippen LogP contribution in [0.4, 0.5) is 13.2 Å². The van der Waals surface area contributed by atoms with Gasteiger partial charge in [-0.05, 0) is 48.2 Å². The number of Topliss-reactive ketones (excluding diaryl/α,β-unsaturated/α-hetero) is 1. The number of hydrogen-bond acceptors (Lipinski definition) is 5. The SMILES string of the molecule is Cc1ccc(C(=O)Cc2cc(C(F)(F)F)c(CC(=N)N)cn2)cc1C#Cc1cnc2cccnn12. The molecule has 1 aromatic carbocycles. The van der Waals surface area contributed by atoms with E-state index in [1.165, 1.54) is 0 Å². The molecule has 0 bridgehead atoms. The number of fused-ring (bicyclic) bond motifs is 1. The highest BCUT2D eigenvalue weighted by Gasteiger charge is 2.34. The first kappa shape index (κ1) is 23.6. The van der Waals surface area contributed by atoms with Crippen LogP contribution in [0.15, 0.2) is 55.0 Å². The molecule has 7 nitrogen and oxygen atoms in total. The molecular formula is C25H19F3N6O. The summed E-state index contributed by atoms with van der Waals surface area (Å²) in [6.07, 6.45) is -1.13. The summed E-state index contributed by atoms with van der Waals surface area (Å²) >= 11 is 0. The summed E-state index contributed by atoms with van der Waals surface area (Å²) < 4.78 is 42.1. The van der Waals surface area contributed by atoms with Gasteiger partial charge in [0.05, 0.1) is 24.0 Å². The van der Waals surface area contributed by atoms with Crippen molar-refractivity contribution >= 4 is 17.3 Å². The molecule has 0 saturated carbocycles. The summed E-state index contributed by atoms with van der Waals surface area (Å²) in [5.74, 6) is 5.21. The Bertz CT molecular complexity index is 1510. The fourth-order valence-electron chi connectivity index (χ4n) is 3.48. The molecule has 0 radical (unpaired) electrons. The van der Waals surface area contributed by atoms with Gasteiger partial charge in [-0.2, -0.15) is 18.3 Å². The molecule has 3 aromatic heterocycles. The number of aromatic nitrogens is 4. The number of halogens is 3. The Morgan fingerprint density at radius 3 is 2.66 bits per heavy atom. The van der Waals surface area contributed by atoms with Crippen LogP contribution in [-0.2, 0) is 19.0 Å². The van der Waals surface area contributed by atoms with Gasteiger partial charge in [0.15, 0.2) is 11.4 Å². The number of imidazole rings is 1. The quantitative estimate of drug-likeness (QED) is 0.197. The third kappa shape index (κ3) is 5.35. The van der Waals surface area contributed by atoms with Crippen LogP contribution in [0.2, 0.25) is 0 Å². The molecule has 0 aliphatic rings. The highest BCUT2D eigenvalue weighted by molar-refractivity contribution is 5.97. The van der Waals surface area contributed by atoms with Gasteiger partial charge in [0, 0.05) is 35.6 Å². The Kier molecular flexibility index (Phi) is 6.34. The van der Waals surface area contributed by atoms with E-state index in [2.05, 4.69) is 26.9 Å². The van der Waals surface area contributed by atoms with Gasteiger partial charge in [-0.15, -0.1) is 0 Å². The van der Waals surface area contributed by atoms with E-state index < -0.39 is 23.4 Å². The van der Waals surface area contributed by atoms with E-state index in [1.807, 2.05) is 6.92 Å². The molecule has 4 rings (SSSR count). The van der Waals surface area contributed by atoms with Crippen molar-refractivity contribution in [1.82, 2.24) is 19.6 Å². The number of hydrogen-bond donors (Lipinski definition) is 2. The van der Waals surface area contributed by atoms with Crippen molar-refractivity contribution in [3.8, 4) is 11.8 Å². The molecule has 4 aromatic rings. The van der Waals surface area contributed by atoms with Gasteiger partial charge in [-0.3, -0.25) is 15.2 Å². The molecule has 3 heterocycles. The van der Waals surface area contributed by atoms with E-state index in [9.17, 15) is 18.0 Å². The highest BCUT2D eigenvalue weighted by Crippen LogP contribution is 2.32. The third-order valence-electron chi connectivity index (χ3n) is 5.23. The lowest BCUT2D eigenvalue weighted by molar-refractivity contribution is -0.138. The smallest absolute Gasteiger partial charge is 0.387 e. The number of benzene rings is 1. The standard InChI is InChI=1S/C25H19F3N6O/c1-15-4-5-17(9-16(15)6-7-20-14-32-24-3-2-8-33-34(20)24)22(35)12-19-11-21(25(26,27)28)18(13-31-19)10-23(29)30/h2-5,8-9,11,13-14H,10,12H2,1H3,(H3,29,30). The number of pyridine rings is 1. The number of carbonyl (C=O) groups excluding carboxylic acids is 1. The number of carbonyl (C=O) groups is 1. The minimum Gasteiger partial charge on any atom is -0.387 e. The van der Waals surface area contributed by atoms with Crippen LogP contribution in [0.5, 0.6) is 0 Å². The summed E-state index contributed by atoms with van der Waals surface area (Å²) in [7, 11) is 0. The molecule has 0 amide bonds. The first-order chi connectivity index (χ1) is 16.6. The summed E-state index contributed by atoms with van der Waals surface area (Å²) in [5.41, 5.74) is 7.02. The number of nitrogens with one attached hydrogen (secondary N) is 1. The molecule has 0 unspecified atom stereocenters. The van der Waals surface area contributed by atoms with Gasteiger partial charge in [-0.1, -0.05) is 18.1 Å². The van der Waals surface area contributed by atoms with Crippen LogP contribution in [0.1, 0.15) is 44.0 Å². The number of alkyl halides is 3. The van der Waals surface area contributed by atoms with Gasteiger partial charge >= 0.3 is 6.18 Å². The lowest BCUT2D eigenvalue weighted by Gasteiger charge is -2.13. The minimum absolute atomic E-state index is 0.0281. The number of ketones is 1. The van der Waals surface area contributed by atoms with Crippen LogP contribution in [0.3, 0.4) is 0 Å². The number of nitrogens with zero attached hydrogens (tertiary/aromatic N) is 4. The van der Waals surface area contributed by atoms with Crippen LogP contribution < -0.4 is 5.73 Å². The normalized spacial score (nSPS) is 11.2. The summed E-state index contributed by atoms with van der Waals surface area (Å²) in [6.45, 7) is 1.84. The molecule has 176 valence electrons. The fourth-order valence-corrected chi connectivity index (χ4v) is 3.48. The molecule has 10 heteroatoms. The minimum atomic E-state index is -4.66. The highest BCUT2D eigenvalue weighted by atomic mass is 19.4. The Hall–Kier alpha value is -4.52. The Morgan fingerprint density at radius 2 is 1.91 bits per heavy atom. The fraction of sp³-hybridized carbons (Fsp3) is 0.160.